The van der Waals surface area contributed by atoms with Gasteiger partial charge in [-0.2, -0.15) is 0 Å². The highest BCUT2D eigenvalue weighted by Gasteiger charge is 2.07. The van der Waals surface area contributed by atoms with E-state index in [1.165, 1.54) is 11.1 Å². The predicted octanol–water partition coefficient (Wildman–Crippen LogP) is 3.01. The molecule has 3 rings (SSSR count). The molecule has 20 heavy (non-hydrogen) atoms. The normalized spacial score (nSPS) is 10.6. The van der Waals surface area contributed by atoms with E-state index in [1.54, 1.807) is 11.8 Å². The molecule has 1 heterocycles. The summed E-state index contributed by atoms with van der Waals surface area (Å²) >= 11 is 1.65. The fraction of sp³-hybridized carbons (Fsp3) is 0.133. The van der Waals surface area contributed by atoms with Crippen molar-refractivity contribution in [2.24, 2.45) is 0 Å². The number of tetrazole rings is 1. The van der Waals surface area contributed by atoms with Gasteiger partial charge in [0.05, 0.1) is 6.54 Å². The van der Waals surface area contributed by atoms with Gasteiger partial charge >= 0.3 is 0 Å². The van der Waals surface area contributed by atoms with E-state index in [2.05, 4.69) is 39.8 Å². The van der Waals surface area contributed by atoms with Crippen LogP contribution in [-0.4, -0.2) is 20.2 Å². The predicted molar refractivity (Wildman–Crippen MR) is 79.4 cm³/mol. The lowest BCUT2D eigenvalue weighted by Crippen LogP contribution is -2.03. The number of thioether (sulfide) groups is 1. The lowest BCUT2D eigenvalue weighted by molar-refractivity contribution is 0.603. The van der Waals surface area contributed by atoms with Crippen molar-refractivity contribution in [2.45, 2.75) is 17.5 Å². The molecule has 0 fully saturated rings. The van der Waals surface area contributed by atoms with Crippen LogP contribution >= 0.6 is 11.8 Å². The van der Waals surface area contributed by atoms with Crippen molar-refractivity contribution in [2.75, 3.05) is 0 Å². The van der Waals surface area contributed by atoms with Gasteiger partial charge < -0.3 is 0 Å². The van der Waals surface area contributed by atoms with Crippen molar-refractivity contribution in [1.82, 2.24) is 20.2 Å². The number of hydrogen-bond donors (Lipinski definition) is 0. The molecule has 2 aromatic carbocycles. The fourth-order valence-corrected chi connectivity index (χ4v) is 2.71. The van der Waals surface area contributed by atoms with E-state index in [9.17, 15) is 0 Å². The fourth-order valence-electron chi connectivity index (χ4n) is 1.88. The second-order valence-electron chi connectivity index (χ2n) is 4.38. The zero-order valence-corrected chi connectivity index (χ0v) is 11.7. The molecule has 0 unspecified atom stereocenters. The molecule has 100 valence electrons. The average molecular weight is 282 g/mol. The molecule has 0 N–H and O–H groups in total. The van der Waals surface area contributed by atoms with Gasteiger partial charge in [-0.1, -0.05) is 72.4 Å². The summed E-state index contributed by atoms with van der Waals surface area (Å²) < 4.78 is 1.84. The topological polar surface area (TPSA) is 43.6 Å². The maximum Gasteiger partial charge on any atom is 0.209 e. The van der Waals surface area contributed by atoms with Crippen LogP contribution in [0.4, 0.5) is 0 Å². The van der Waals surface area contributed by atoms with E-state index in [0.29, 0.717) is 6.54 Å². The van der Waals surface area contributed by atoms with Gasteiger partial charge in [0.25, 0.3) is 0 Å². The van der Waals surface area contributed by atoms with Crippen LogP contribution in [0.25, 0.3) is 0 Å². The van der Waals surface area contributed by atoms with Crippen molar-refractivity contribution < 1.29 is 0 Å². The third-order valence-electron chi connectivity index (χ3n) is 2.88. The molecule has 0 aliphatic heterocycles. The van der Waals surface area contributed by atoms with Crippen molar-refractivity contribution in [3.05, 3.63) is 71.8 Å². The molecule has 0 aliphatic carbocycles. The quantitative estimate of drug-likeness (QED) is 0.675. The zero-order valence-electron chi connectivity index (χ0n) is 10.9. The van der Waals surface area contributed by atoms with Gasteiger partial charge in [0, 0.05) is 5.75 Å². The summed E-state index contributed by atoms with van der Waals surface area (Å²) in [6, 6.07) is 20.5. The van der Waals surface area contributed by atoms with E-state index >= 15 is 0 Å². The standard InChI is InChI=1S/C15H14N4S/c1-3-7-13(8-4-1)11-19-15(16-17-18-19)20-12-14-9-5-2-6-10-14/h1-10H,11-12H2. The second-order valence-corrected chi connectivity index (χ2v) is 5.32. The minimum Gasteiger partial charge on any atom is -0.216 e. The lowest BCUT2D eigenvalue weighted by atomic mass is 10.2. The lowest BCUT2D eigenvalue weighted by Gasteiger charge is -2.04. The largest absolute Gasteiger partial charge is 0.216 e. The summed E-state index contributed by atoms with van der Waals surface area (Å²) in [5, 5.41) is 12.8. The Bertz CT molecular complexity index is 652. The van der Waals surface area contributed by atoms with Gasteiger partial charge in [-0.05, 0) is 21.6 Å². The van der Waals surface area contributed by atoms with Crippen LogP contribution < -0.4 is 0 Å². The Morgan fingerprint density at radius 1 is 0.850 bits per heavy atom. The van der Waals surface area contributed by atoms with Crippen molar-refractivity contribution in [3.63, 3.8) is 0 Å². The summed E-state index contributed by atoms with van der Waals surface area (Å²) in [6.07, 6.45) is 0. The third kappa shape index (κ3) is 3.24. The number of hydrogen-bond acceptors (Lipinski definition) is 4. The maximum atomic E-state index is 4.09. The highest BCUT2D eigenvalue weighted by molar-refractivity contribution is 7.98. The maximum absolute atomic E-state index is 4.09. The summed E-state index contributed by atoms with van der Waals surface area (Å²) in [6.45, 7) is 0.699. The van der Waals surface area contributed by atoms with Gasteiger partial charge in [0.15, 0.2) is 0 Å². The molecule has 1 aromatic heterocycles. The molecule has 5 heteroatoms. The molecule has 4 nitrogen and oxygen atoms in total. The Kier molecular flexibility index (Phi) is 4.08. The molecular weight excluding hydrogens is 268 g/mol. The van der Waals surface area contributed by atoms with Gasteiger partial charge in [-0.25, -0.2) is 4.68 Å². The summed E-state index contributed by atoms with van der Waals surface area (Å²) in [5.41, 5.74) is 2.47. The first-order chi connectivity index (χ1) is 9.92. The van der Waals surface area contributed by atoms with Crippen molar-refractivity contribution >= 4 is 11.8 Å². The minimum absolute atomic E-state index is 0.699. The molecular formula is C15H14N4S. The van der Waals surface area contributed by atoms with Crippen LogP contribution in [-0.2, 0) is 12.3 Å². The number of nitrogens with zero attached hydrogens (tertiary/aromatic N) is 4. The summed E-state index contributed by atoms with van der Waals surface area (Å²) in [4.78, 5) is 0. The van der Waals surface area contributed by atoms with E-state index in [0.717, 1.165) is 10.9 Å². The molecule has 0 amide bonds. The Morgan fingerprint density at radius 3 is 2.20 bits per heavy atom. The van der Waals surface area contributed by atoms with Crippen LogP contribution in [0.3, 0.4) is 0 Å². The Hall–Kier alpha value is -2.14. The van der Waals surface area contributed by atoms with Crippen LogP contribution in [0.2, 0.25) is 0 Å². The molecule has 0 saturated heterocycles. The minimum atomic E-state index is 0.699. The molecule has 0 spiro atoms. The van der Waals surface area contributed by atoms with Gasteiger partial charge in [-0.15, -0.1) is 5.10 Å². The van der Waals surface area contributed by atoms with Crippen molar-refractivity contribution in [1.29, 1.82) is 0 Å². The van der Waals surface area contributed by atoms with Gasteiger partial charge in [0.1, 0.15) is 0 Å². The Morgan fingerprint density at radius 2 is 1.50 bits per heavy atom. The summed E-state index contributed by atoms with van der Waals surface area (Å²) in [5.74, 6) is 0.871. The molecule has 0 saturated carbocycles. The molecule has 0 aliphatic rings. The zero-order chi connectivity index (χ0) is 13.6. The van der Waals surface area contributed by atoms with Crippen molar-refractivity contribution in [3.8, 4) is 0 Å². The Labute approximate surface area is 121 Å². The first-order valence-electron chi connectivity index (χ1n) is 6.38. The number of aromatic nitrogens is 4. The van der Waals surface area contributed by atoms with Crippen LogP contribution in [0.5, 0.6) is 0 Å². The van der Waals surface area contributed by atoms with Gasteiger partial charge in [0.2, 0.25) is 5.16 Å². The number of rotatable bonds is 5. The van der Waals surface area contributed by atoms with Gasteiger partial charge in [-0.3, -0.25) is 0 Å². The van der Waals surface area contributed by atoms with E-state index in [4.69, 9.17) is 0 Å². The van der Waals surface area contributed by atoms with Crippen LogP contribution in [0, 0.1) is 0 Å². The monoisotopic (exact) mass is 282 g/mol. The van der Waals surface area contributed by atoms with E-state index in [-0.39, 0.29) is 0 Å². The molecule has 3 aromatic rings. The second kappa shape index (κ2) is 6.34. The first kappa shape index (κ1) is 12.9. The highest BCUT2D eigenvalue weighted by atomic mass is 32.2. The van der Waals surface area contributed by atoms with E-state index in [1.807, 2.05) is 41.1 Å². The van der Waals surface area contributed by atoms with Crippen LogP contribution in [0.15, 0.2) is 65.8 Å². The van der Waals surface area contributed by atoms with Crippen LogP contribution in [0.1, 0.15) is 11.1 Å². The first-order valence-corrected chi connectivity index (χ1v) is 7.37. The van der Waals surface area contributed by atoms with E-state index < -0.39 is 0 Å². The average Bonchev–Trinajstić information content (AvgIpc) is 2.94. The smallest absolute Gasteiger partial charge is 0.209 e. The summed E-state index contributed by atoms with van der Waals surface area (Å²) in [7, 11) is 0. The third-order valence-corrected chi connectivity index (χ3v) is 3.91. The number of benzene rings is 2. The molecule has 0 atom stereocenters. The Balaban J connectivity index is 1.68. The highest BCUT2D eigenvalue weighted by Crippen LogP contribution is 2.20. The molecule has 0 radical (unpaired) electrons. The SMILES string of the molecule is c1ccc(CSc2nnnn2Cc2ccccc2)cc1. The molecule has 0 bridgehead atoms.